The van der Waals surface area contributed by atoms with Crippen molar-refractivity contribution in [1.29, 1.82) is 0 Å². The van der Waals surface area contributed by atoms with E-state index in [4.69, 9.17) is 14.2 Å². The Kier molecular flexibility index (Phi) is 4.79. The molecule has 0 unspecified atom stereocenters. The second kappa shape index (κ2) is 7.50. The first kappa shape index (κ1) is 21.1. The maximum absolute atomic E-state index is 13.6. The number of ether oxygens (including phenoxy) is 1. The minimum atomic E-state index is -2.66. The van der Waals surface area contributed by atoms with Gasteiger partial charge in [-0.25, -0.2) is 8.78 Å². The third-order valence-electron chi connectivity index (χ3n) is 8.56. The molecule has 3 saturated carbocycles. The Balaban J connectivity index is 1.25. The number of piperidine rings is 1. The number of carbonyl (C=O) groups is 1. The lowest BCUT2D eigenvalue weighted by Gasteiger charge is -2.36. The number of rotatable bonds is 5. The molecular formula is C25H29F2N3O3. The average molecular weight is 458 g/mol. The van der Waals surface area contributed by atoms with E-state index in [1.807, 2.05) is 12.1 Å². The van der Waals surface area contributed by atoms with Crippen molar-refractivity contribution in [3.8, 4) is 5.75 Å². The van der Waals surface area contributed by atoms with Gasteiger partial charge >= 0.3 is 0 Å². The number of nitrogens with zero attached hydrogens (tertiary/aromatic N) is 3. The molecule has 6 nitrogen and oxygen atoms in total. The van der Waals surface area contributed by atoms with Crippen LogP contribution in [0.3, 0.4) is 0 Å². The summed E-state index contributed by atoms with van der Waals surface area (Å²) in [4.78, 5) is 20.0. The van der Waals surface area contributed by atoms with E-state index in [1.54, 1.807) is 12.0 Å². The normalized spacial score (nSPS) is 31.5. The van der Waals surface area contributed by atoms with Crippen LogP contribution in [0.15, 0.2) is 28.8 Å². The summed E-state index contributed by atoms with van der Waals surface area (Å²) in [5.41, 5.74) is 0.911. The first-order valence-electron chi connectivity index (χ1n) is 12.1. The Bertz CT molecular complexity index is 1040. The molecule has 0 N–H and O–H groups in total. The smallest absolute Gasteiger partial charge is 0.251 e. The molecule has 4 aliphatic rings. The number of likely N-dealkylation sites (tertiary alicyclic amines) is 1. The maximum Gasteiger partial charge on any atom is 0.251 e. The maximum atomic E-state index is 13.6. The first-order valence-corrected chi connectivity index (χ1v) is 12.1. The Morgan fingerprint density at radius 2 is 1.79 bits per heavy atom. The average Bonchev–Trinajstić information content (AvgIpc) is 3.16. The summed E-state index contributed by atoms with van der Waals surface area (Å²) >= 11 is 0. The molecule has 1 saturated heterocycles. The van der Waals surface area contributed by atoms with E-state index >= 15 is 0 Å². The minimum absolute atomic E-state index is 0.00117. The van der Waals surface area contributed by atoms with Crippen LogP contribution in [-0.2, 0) is 10.2 Å². The lowest BCUT2D eigenvalue weighted by Crippen LogP contribution is -2.47. The van der Waals surface area contributed by atoms with E-state index in [0.29, 0.717) is 17.6 Å². The molecule has 1 aliphatic heterocycles. The molecule has 2 aromatic rings. The zero-order valence-corrected chi connectivity index (χ0v) is 18.8. The molecular weight excluding hydrogens is 428 g/mol. The summed E-state index contributed by atoms with van der Waals surface area (Å²) in [7, 11) is 1.65. The number of halogens is 2. The van der Waals surface area contributed by atoms with Gasteiger partial charge in [0.2, 0.25) is 11.8 Å². The second-order valence-corrected chi connectivity index (χ2v) is 10.3. The van der Waals surface area contributed by atoms with E-state index in [1.165, 1.54) is 0 Å². The van der Waals surface area contributed by atoms with Crippen LogP contribution >= 0.6 is 0 Å². The van der Waals surface area contributed by atoms with Crippen LogP contribution in [0.5, 0.6) is 5.75 Å². The molecule has 1 amide bonds. The number of amides is 1. The predicted octanol–water partition coefficient (Wildman–Crippen LogP) is 4.55. The molecule has 176 valence electrons. The van der Waals surface area contributed by atoms with Gasteiger partial charge in [-0.05, 0) is 61.6 Å². The van der Waals surface area contributed by atoms with Gasteiger partial charge in [-0.1, -0.05) is 17.3 Å². The highest BCUT2D eigenvalue weighted by molar-refractivity contribution is 5.81. The monoisotopic (exact) mass is 457 g/mol. The van der Waals surface area contributed by atoms with Crippen LogP contribution in [0, 0.1) is 17.8 Å². The van der Waals surface area contributed by atoms with E-state index in [-0.39, 0.29) is 55.0 Å². The van der Waals surface area contributed by atoms with Crippen LogP contribution in [0.4, 0.5) is 8.78 Å². The summed E-state index contributed by atoms with van der Waals surface area (Å²) in [5.74, 6) is -0.326. The van der Waals surface area contributed by atoms with Gasteiger partial charge in [0, 0.05) is 25.9 Å². The van der Waals surface area contributed by atoms with Gasteiger partial charge in [0.25, 0.3) is 5.92 Å². The molecule has 4 atom stereocenters. The molecule has 6 rings (SSSR count). The van der Waals surface area contributed by atoms with Gasteiger partial charge in [-0.15, -0.1) is 0 Å². The molecule has 4 fully saturated rings. The summed E-state index contributed by atoms with van der Waals surface area (Å²) in [5, 5.41) is 4.38. The van der Waals surface area contributed by atoms with Gasteiger partial charge in [-0.2, -0.15) is 4.98 Å². The molecule has 8 heteroatoms. The van der Waals surface area contributed by atoms with Gasteiger partial charge in [0.05, 0.1) is 24.4 Å². The Morgan fingerprint density at radius 1 is 1.09 bits per heavy atom. The molecule has 33 heavy (non-hydrogen) atoms. The number of methoxy groups -OCH3 is 1. The molecule has 0 radical (unpaired) electrons. The quantitative estimate of drug-likeness (QED) is 0.659. The van der Waals surface area contributed by atoms with Crippen LogP contribution in [0.1, 0.15) is 68.1 Å². The molecule has 1 aromatic carbocycles. The van der Waals surface area contributed by atoms with Crippen LogP contribution < -0.4 is 4.74 Å². The van der Waals surface area contributed by atoms with Crippen molar-refractivity contribution in [2.24, 2.45) is 17.8 Å². The van der Waals surface area contributed by atoms with E-state index in [2.05, 4.69) is 17.3 Å². The highest BCUT2D eigenvalue weighted by atomic mass is 19.3. The van der Waals surface area contributed by atoms with E-state index < -0.39 is 5.92 Å². The SMILES string of the molecule is COc1ccc(C2(c3noc([C@H]4[C@@H]5CC[C@@H](C5)[C@@H]4C(=O)N4CCC(F)(F)CC4)n3)CC2)cc1. The second-order valence-electron chi connectivity index (χ2n) is 10.3. The third kappa shape index (κ3) is 3.44. The number of aromatic nitrogens is 2. The van der Waals surface area contributed by atoms with Crippen LogP contribution in [0.2, 0.25) is 0 Å². The van der Waals surface area contributed by atoms with Crippen molar-refractivity contribution in [3.05, 3.63) is 41.5 Å². The van der Waals surface area contributed by atoms with Crippen molar-refractivity contribution in [3.63, 3.8) is 0 Å². The lowest BCUT2D eigenvalue weighted by atomic mass is 9.78. The number of carbonyl (C=O) groups excluding carboxylic acids is 1. The Hall–Kier alpha value is -2.51. The van der Waals surface area contributed by atoms with Gasteiger partial charge in [0.15, 0.2) is 5.82 Å². The summed E-state index contributed by atoms with van der Waals surface area (Å²) in [6.07, 6.45) is 4.46. The highest BCUT2D eigenvalue weighted by Gasteiger charge is 2.56. The third-order valence-corrected chi connectivity index (χ3v) is 8.56. The molecule has 1 aromatic heterocycles. The topological polar surface area (TPSA) is 68.5 Å². The lowest BCUT2D eigenvalue weighted by molar-refractivity contribution is -0.144. The fraction of sp³-hybridized carbons (Fsp3) is 0.640. The highest BCUT2D eigenvalue weighted by Crippen LogP contribution is 2.58. The van der Waals surface area contributed by atoms with Crippen molar-refractivity contribution in [2.45, 2.75) is 62.2 Å². The molecule has 2 bridgehead atoms. The van der Waals surface area contributed by atoms with Gasteiger partial charge in [-0.3, -0.25) is 4.79 Å². The molecule has 2 heterocycles. The molecule has 3 aliphatic carbocycles. The van der Waals surface area contributed by atoms with Crippen molar-refractivity contribution < 1.29 is 22.8 Å². The predicted molar refractivity (Wildman–Crippen MR) is 115 cm³/mol. The van der Waals surface area contributed by atoms with Gasteiger partial charge < -0.3 is 14.2 Å². The number of fused-ring (bicyclic) bond motifs is 2. The summed E-state index contributed by atoms with van der Waals surface area (Å²) < 4.78 is 38.4. The number of alkyl halides is 2. The van der Waals surface area contributed by atoms with Crippen LogP contribution in [-0.4, -0.2) is 47.1 Å². The number of hydrogen-bond donors (Lipinski definition) is 0. The van der Waals surface area contributed by atoms with Gasteiger partial charge in [0.1, 0.15) is 5.75 Å². The van der Waals surface area contributed by atoms with E-state index in [0.717, 1.165) is 43.4 Å². The fourth-order valence-electron chi connectivity index (χ4n) is 6.51. The molecule has 0 spiro atoms. The summed E-state index contributed by atoms with van der Waals surface area (Å²) in [6, 6.07) is 8.00. The largest absolute Gasteiger partial charge is 0.497 e. The summed E-state index contributed by atoms with van der Waals surface area (Å²) in [6.45, 7) is 0.254. The van der Waals surface area contributed by atoms with E-state index in [9.17, 15) is 13.6 Å². The fourth-order valence-corrected chi connectivity index (χ4v) is 6.51. The Morgan fingerprint density at radius 3 is 2.45 bits per heavy atom. The standard InChI is InChI=1S/C25H29F2N3O3/c1-32-18-6-4-17(5-7-18)24(8-9-24)23-28-21(33-29-23)19-15-2-3-16(14-15)20(19)22(31)30-12-10-25(26,27)11-13-30/h4-7,15-16,19-20H,2-3,8-14H2,1H3/t15-,16+,19+,20+/m1/s1. The number of hydrogen-bond acceptors (Lipinski definition) is 5. The van der Waals surface area contributed by atoms with Crippen molar-refractivity contribution >= 4 is 5.91 Å². The van der Waals surface area contributed by atoms with Crippen molar-refractivity contribution in [1.82, 2.24) is 15.0 Å². The zero-order valence-electron chi connectivity index (χ0n) is 18.8. The Labute approximate surface area is 191 Å². The first-order chi connectivity index (χ1) is 15.9. The minimum Gasteiger partial charge on any atom is -0.497 e. The zero-order chi connectivity index (χ0) is 22.8. The number of benzene rings is 1. The van der Waals surface area contributed by atoms with Crippen molar-refractivity contribution in [2.75, 3.05) is 20.2 Å². The van der Waals surface area contributed by atoms with Crippen LogP contribution in [0.25, 0.3) is 0 Å².